The van der Waals surface area contributed by atoms with Gasteiger partial charge < -0.3 is 21.9 Å². The molecule has 0 bridgehead atoms. The molecule has 0 aliphatic carbocycles. The van der Waals surface area contributed by atoms with Crippen LogP contribution in [-0.4, -0.2) is 44.3 Å². The number of hydrogen-bond acceptors (Lipinski definition) is 4. The Morgan fingerprint density at radius 1 is 0.611 bits per heavy atom. The molecule has 18 heavy (non-hydrogen) atoms. The maximum Gasteiger partial charge on any atom is 1.00 e. The molecule has 1 radical (unpaired) electrons. The first-order chi connectivity index (χ1) is 6.93. The van der Waals surface area contributed by atoms with Crippen LogP contribution in [0.2, 0.25) is 0 Å². The molecule has 0 saturated heterocycles. The van der Waals surface area contributed by atoms with Gasteiger partial charge in [0.05, 0.1) is 0 Å². The van der Waals surface area contributed by atoms with Crippen LogP contribution < -0.4 is 29.6 Å². The van der Waals surface area contributed by atoms with Gasteiger partial charge in [-0.1, -0.05) is 0 Å². The molecule has 0 amide bonds. The van der Waals surface area contributed by atoms with E-state index < -0.39 is 23.9 Å². The zero-order valence-corrected chi connectivity index (χ0v) is 13.7. The third-order valence-electron chi connectivity index (χ3n) is 0. The largest absolute Gasteiger partial charge is 1.00 e. The van der Waals surface area contributed by atoms with Crippen molar-refractivity contribution in [3.05, 3.63) is 0 Å². The van der Waals surface area contributed by atoms with Gasteiger partial charge in [0.1, 0.15) is 0 Å². The monoisotopic (exact) mass is 327 g/mol. The molecule has 8 nitrogen and oxygen atoms in total. The Morgan fingerprint density at radius 2 is 0.611 bits per heavy atom. The van der Waals surface area contributed by atoms with Crippen molar-refractivity contribution in [1.82, 2.24) is 0 Å². The summed E-state index contributed by atoms with van der Waals surface area (Å²) in [7, 11) is 0. The summed E-state index contributed by atoms with van der Waals surface area (Å²) in [6, 6.07) is 0. The van der Waals surface area contributed by atoms with Crippen molar-refractivity contribution in [3.63, 3.8) is 0 Å². The predicted molar refractivity (Wildman–Crippen MR) is 54.4 cm³/mol. The van der Waals surface area contributed by atoms with E-state index in [1.165, 1.54) is 0 Å². The average molecular weight is 328 g/mol. The molecule has 0 heterocycles. The molecule has 0 rings (SSSR count). The number of rotatable bonds is 0. The molecule has 0 aliphatic heterocycles. The molecule has 0 saturated carbocycles. The number of carbonyl (C=O) groups is 4. The molecule has 10 heteroatoms. The molecule has 0 atom stereocenters. The van der Waals surface area contributed by atoms with E-state index in [4.69, 9.17) is 39.6 Å². The van der Waals surface area contributed by atoms with E-state index in [1.54, 1.807) is 0 Å². The van der Waals surface area contributed by atoms with Gasteiger partial charge in [0.25, 0.3) is 23.9 Å². The minimum absolute atomic E-state index is 0. The first-order valence-corrected chi connectivity index (χ1v) is 3.71. The van der Waals surface area contributed by atoms with Crippen LogP contribution >= 0.6 is 0 Å². The zero-order chi connectivity index (χ0) is 14.3. The van der Waals surface area contributed by atoms with Gasteiger partial charge >= 0.3 is 29.6 Å². The van der Waals surface area contributed by atoms with E-state index in [0.717, 1.165) is 27.7 Å². The molecule has 0 aromatic carbocycles. The smallest absolute Gasteiger partial charge is 1.00 e. The van der Waals surface area contributed by atoms with Crippen molar-refractivity contribution in [2.45, 2.75) is 27.7 Å². The quantitative estimate of drug-likeness (QED) is 0.356. The number of carboxylic acid groups (broad SMARTS) is 4. The fourth-order valence-corrected chi connectivity index (χ4v) is 0. The van der Waals surface area contributed by atoms with Crippen molar-refractivity contribution in [3.8, 4) is 0 Å². The summed E-state index contributed by atoms with van der Waals surface area (Å²) in [5.41, 5.74) is 0. The van der Waals surface area contributed by atoms with Crippen molar-refractivity contribution < 1.29 is 87.7 Å². The van der Waals surface area contributed by atoms with Crippen LogP contribution in [0.4, 0.5) is 0 Å². The topological polar surface area (TPSA) is 149 Å². The molecule has 0 aromatic rings. The van der Waals surface area contributed by atoms with Crippen LogP contribution in [0, 0.1) is 0 Å². The fraction of sp³-hybridized carbons (Fsp3) is 0.500. The first kappa shape index (κ1) is 36.0. The standard InChI is InChI=1S/4C2H4O2.Cu.Na.H/c4*1-2(3)4;;;/h4*1H3,(H,3,4);;;/q;;;;;+1;-1. The SMILES string of the molecule is CC(=O)O.CC(=O)O.CC(=O)O.CC(=O)O.[Cu].[H-].[Na+]. The summed E-state index contributed by atoms with van der Waals surface area (Å²) >= 11 is 0. The number of aliphatic carboxylic acids is 4. The van der Waals surface area contributed by atoms with Gasteiger partial charge in [-0.2, -0.15) is 0 Å². The van der Waals surface area contributed by atoms with E-state index in [9.17, 15) is 0 Å². The first-order valence-electron chi connectivity index (χ1n) is 3.71. The second-order valence-electron chi connectivity index (χ2n) is 2.08. The Morgan fingerprint density at radius 3 is 0.611 bits per heavy atom. The summed E-state index contributed by atoms with van der Waals surface area (Å²) in [6.07, 6.45) is 0. The third-order valence-corrected chi connectivity index (χ3v) is 0. The zero-order valence-electron chi connectivity index (χ0n) is 11.7. The minimum atomic E-state index is -0.833. The Labute approximate surface area is 139 Å². The summed E-state index contributed by atoms with van der Waals surface area (Å²) in [4.78, 5) is 36.0. The molecule has 0 aliphatic rings. The van der Waals surface area contributed by atoms with Crippen molar-refractivity contribution in [1.29, 1.82) is 0 Å². The number of hydrogen-bond donors (Lipinski definition) is 4. The van der Waals surface area contributed by atoms with Crippen molar-refractivity contribution >= 4 is 23.9 Å². The minimum Gasteiger partial charge on any atom is -1.00 e. The van der Waals surface area contributed by atoms with Gasteiger partial charge in [-0.3, -0.25) is 19.2 Å². The Bertz CT molecular complexity index is 173. The van der Waals surface area contributed by atoms with Gasteiger partial charge in [0.2, 0.25) is 0 Å². The van der Waals surface area contributed by atoms with Crippen LogP contribution in [0.1, 0.15) is 29.1 Å². The molecule has 4 N–H and O–H groups in total. The average Bonchev–Trinajstić information content (AvgIpc) is 1.76. The maximum absolute atomic E-state index is 9.00. The predicted octanol–water partition coefficient (Wildman–Crippen LogP) is -2.52. The van der Waals surface area contributed by atoms with Crippen LogP contribution in [-0.2, 0) is 36.2 Å². The second kappa shape index (κ2) is 29.9. The Kier molecular flexibility index (Phi) is 59.9. The second-order valence-corrected chi connectivity index (χ2v) is 2.08. The van der Waals surface area contributed by atoms with Gasteiger partial charge in [-0.05, 0) is 0 Å². The van der Waals surface area contributed by atoms with Gasteiger partial charge in [-0.25, -0.2) is 0 Å². The van der Waals surface area contributed by atoms with Crippen LogP contribution in [0.15, 0.2) is 0 Å². The normalized spacial score (nSPS) is 5.56. The Hall–Kier alpha value is -0.601. The van der Waals surface area contributed by atoms with Crippen LogP contribution in [0.25, 0.3) is 0 Å². The molecule has 0 aromatic heterocycles. The number of carboxylic acids is 4. The molecule has 109 valence electrons. The van der Waals surface area contributed by atoms with Crippen LogP contribution in [0.3, 0.4) is 0 Å². The van der Waals surface area contributed by atoms with Crippen molar-refractivity contribution in [2.75, 3.05) is 0 Å². The van der Waals surface area contributed by atoms with E-state index in [2.05, 4.69) is 0 Å². The van der Waals surface area contributed by atoms with E-state index in [-0.39, 0.29) is 48.1 Å². The summed E-state index contributed by atoms with van der Waals surface area (Å²) in [6.45, 7) is 4.33. The third kappa shape index (κ3) is 8850. The van der Waals surface area contributed by atoms with E-state index in [0.29, 0.717) is 0 Å². The van der Waals surface area contributed by atoms with Gasteiger partial charge in [0.15, 0.2) is 0 Å². The Balaban J connectivity index is -0.0000000192. The maximum atomic E-state index is 9.00. The fourth-order valence-electron chi connectivity index (χ4n) is 0. The molecular formula is C8H17CuNaO8. The summed E-state index contributed by atoms with van der Waals surface area (Å²) in [5, 5.41) is 29.7. The van der Waals surface area contributed by atoms with Gasteiger partial charge in [-0.15, -0.1) is 0 Å². The molecular weight excluding hydrogens is 311 g/mol. The van der Waals surface area contributed by atoms with Crippen molar-refractivity contribution in [2.24, 2.45) is 0 Å². The summed E-state index contributed by atoms with van der Waals surface area (Å²) in [5.74, 6) is -3.33. The molecule has 0 unspecified atom stereocenters. The molecule has 0 spiro atoms. The van der Waals surface area contributed by atoms with E-state index >= 15 is 0 Å². The molecule has 0 fully saturated rings. The van der Waals surface area contributed by atoms with Gasteiger partial charge in [0, 0.05) is 44.8 Å². The van der Waals surface area contributed by atoms with Crippen LogP contribution in [0.5, 0.6) is 0 Å². The summed E-state index contributed by atoms with van der Waals surface area (Å²) < 4.78 is 0. The van der Waals surface area contributed by atoms with E-state index in [1.807, 2.05) is 0 Å².